The highest BCUT2D eigenvalue weighted by molar-refractivity contribution is 7.10. The van der Waals surface area contributed by atoms with Gasteiger partial charge in [0, 0.05) is 28.5 Å². The van der Waals surface area contributed by atoms with E-state index in [9.17, 15) is 4.79 Å². The Bertz CT molecular complexity index is 639. The van der Waals surface area contributed by atoms with E-state index in [2.05, 4.69) is 10.7 Å². The molecule has 2 fully saturated rings. The predicted octanol–water partition coefficient (Wildman–Crippen LogP) is 3.58. The third kappa shape index (κ3) is 2.48. The van der Waals surface area contributed by atoms with Gasteiger partial charge in [-0.1, -0.05) is 12.1 Å². The average Bonchev–Trinajstić information content (AvgIpc) is 3.40. The normalized spacial score (nSPS) is 18.0. The largest absolute Gasteiger partial charge is 0.349 e. The van der Waals surface area contributed by atoms with Gasteiger partial charge in [0.2, 0.25) is 0 Å². The highest BCUT2D eigenvalue weighted by atomic mass is 32.1. The van der Waals surface area contributed by atoms with E-state index in [1.54, 1.807) is 11.3 Å². The zero-order chi connectivity index (χ0) is 13.5. The van der Waals surface area contributed by atoms with Gasteiger partial charge >= 0.3 is 0 Å². The molecule has 0 atom stereocenters. The molecule has 0 aliphatic heterocycles. The average molecular weight is 284 g/mol. The van der Waals surface area contributed by atoms with Crippen LogP contribution in [-0.2, 0) is 0 Å². The van der Waals surface area contributed by atoms with Crippen LogP contribution >= 0.6 is 11.3 Å². The van der Waals surface area contributed by atoms with E-state index in [1.807, 2.05) is 24.3 Å². The van der Waals surface area contributed by atoms with Crippen LogP contribution in [0.25, 0.3) is 11.3 Å². The van der Waals surface area contributed by atoms with Gasteiger partial charge in [-0.3, -0.25) is 4.79 Å². The van der Waals surface area contributed by atoms with E-state index in [4.69, 9.17) is 4.98 Å². The molecular weight excluding hydrogens is 268 g/mol. The number of benzene rings is 1. The molecule has 2 saturated carbocycles. The van der Waals surface area contributed by atoms with Crippen molar-refractivity contribution in [3.8, 4) is 11.3 Å². The minimum Gasteiger partial charge on any atom is -0.349 e. The summed E-state index contributed by atoms with van der Waals surface area (Å²) >= 11 is 1.75. The molecule has 3 nitrogen and oxygen atoms in total. The van der Waals surface area contributed by atoms with Gasteiger partial charge in [0.15, 0.2) is 0 Å². The standard InChI is InChI=1S/C16H16N2OS/c19-15(17-13-7-8-13)11-3-1-10(2-4-11)14-9-20-16(18-14)12-5-6-12/h1-4,9,12-13H,5-8H2,(H,17,19). The summed E-state index contributed by atoms with van der Waals surface area (Å²) in [6.07, 6.45) is 4.81. The maximum Gasteiger partial charge on any atom is 0.251 e. The number of hydrogen-bond acceptors (Lipinski definition) is 3. The zero-order valence-electron chi connectivity index (χ0n) is 11.1. The van der Waals surface area contributed by atoms with E-state index in [1.165, 1.54) is 17.8 Å². The molecule has 4 heteroatoms. The first-order valence-corrected chi connectivity index (χ1v) is 8.04. The molecule has 0 saturated heterocycles. The summed E-state index contributed by atoms with van der Waals surface area (Å²) in [6.45, 7) is 0. The van der Waals surface area contributed by atoms with Gasteiger partial charge in [0.05, 0.1) is 10.7 Å². The first kappa shape index (κ1) is 12.1. The highest BCUT2D eigenvalue weighted by Gasteiger charge is 2.27. The van der Waals surface area contributed by atoms with Crippen molar-refractivity contribution in [2.24, 2.45) is 0 Å². The SMILES string of the molecule is O=C(NC1CC1)c1ccc(-c2csc(C3CC3)n2)cc1. The van der Waals surface area contributed by atoms with Crippen LogP contribution in [0.15, 0.2) is 29.6 Å². The van der Waals surface area contributed by atoms with Crippen LogP contribution in [0.5, 0.6) is 0 Å². The lowest BCUT2D eigenvalue weighted by molar-refractivity contribution is 0.0951. The smallest absolute Gasteiger partial charge is 0.251 e. The van der Waals surface area contributed by atoms with Gasteiger partial charge < -0.3 is 5.32 Å². The second-order valence-electron chi connectivity index (χ2n) is 5.67. The molecular formula is C16H16N2OS. The summed E-state index contributed by atoms with van der Waals surface area (Å²) in [5.74, 6) is 0.744. The molecule has 20 heavy (non-hydrogen) atoms. The van der Waals surface area contributed by atoms with Crippen LogP contribution in [0.3, 0.4) is 0 Å². The Morgan fingerprint density at radius 2 is 1.90 bits per heavy atom. The summed E-state index contributed by atoms with van der Waals surface area (Å²) < 4.78 is 0. The monoisotopic (exact) mass is 284 g/mol. The van der Waals surface area contributed by atoms with Crippen molar-refractivity contribution in [2.45, 2.75) is 37.6 Å². The molecule has 4 rings (SSSR count). The van der Waals surface area contributed by atoms with E-state index < -0.39 is 0 Å². The molecule has 1 N–H and O–H groups in total. The Morgan fingerprint density at radius 3 is 2.55 bits per heavy atom. The van der Waals surface area contributed by atoms with Gasteiger partial charge in [-0.25, -0.2) is 4.98 Å². The number of carbonyl (C=O) groups excluding carboxylic acids is 1. The van der Waals surface area contributed by atoms with Crippen LogP contribution < -0.4 is 5.32 Å². The minimum atomic E-state index is 0.0380. The Kier molecular flexibility index (Phi) is 2.84. The number of rotatable bonds is 4. The van der Waals surface area contributed by atoms with Gasteiger partial charge in [-0.05, 0) is 37.8 Å². The fraction of sp³-hybridized carbons (Fsp3) is 0.375. The van der Waals surface area contributed by atoms with Crippen LogP contribution in [-0.4, -0.2) is 16.9 Å². The molecule has 2 aliphatic rings. The second kappa shape index (κ2) is 4.70. The van der Waals surface area contributed by atoms with Gasteiger partial charge in [0.25, 0.3) is 5.91 Å². The lowest BCUT2D eigenvalue weighted by atomic mass is 10.1. The lowest BCUT2D eigenvalue weighted by Crippen LogP contribution is -2.25. The summed E-state index contributed by atoms with van der Waals surface area (Å²) in [7, 11) is 0. The first-order valence-electron chi connectivity index (χ1n) is 7.16. The molecule has 1 amide bonds. The highest BCUT2D eigenvalue weighted by Crippen LogP contribution is 2.42. The summed E-state index contributed by atoms with van der Waals surface area (Å²) in [5, 5.41) is 6.38. The van der Waals surface area contributed by atoms with E-state index in [-0.39, 0.29) is 5.91 Å². The van der Waals surface area contributed by atoms with Crippen molar-refractivity contribution in [1.82, 2.24) is 10.3 Å². The fourth-order valence-corrected chi connectivity index (χ4v) is 3.23. The first-order chi connectivity index (χ1) is 9.79. The molecule has 2 aliphatic carbocycles. The Hall–Kier alpha value is -1.68. The van der Waals surface area contributed by atoms with Crippen molar-refractivity contribution < 1.29 is 4.79 Å². The minimum absolute atomic E-state index is 0.0380. The fourth-order valence-electron chi connectivity index (χ4n) is 2.23. The number of hydrogen-bond donors (Lipinski definition) is 1. The van der Waals surface area contributed by atoms with Gasteiger partial charge in [0.1, 0.15) is 0 Å². The molecule has 0 unspecified atom stereocenters. The van der Waals surface area contributed by atoms with Crippen molar-refractivity contribution >= 4 is 17.2 Å². The zero-order valence-corrected chi connectivity index (χ0v) is 12.0. The van der Waals surface area contributed by atoms with Crippen LogP contribution in [0.2, 0.25) is 0 Å². The maximum atomic E-state index is 11.9. The van der Waals surface area contributed by atoms with Crippen molar-refractivity contribution in [2.75, 3.05) is 0 Å². The quantitative estimate of drug-likeness (QED) is 0.932. The van der Waals surface area contributed by atoms with E-state index >= 15 is 0 Å². The van der Waals surface area contributed by atoms with Crippen molar-refractivity contribution in [3.63, 3.8) is 0 Å². The molecule has 2 aromatic rings. The molecule has 102 valence electrons. The molecule has 1 aromatic heterocycles. The van der Waals surface area contributed by atoms with Crippen LogP contribution in [0.4, 0.5) is 0 Å². The molecule has 0 bridgehead atoms. The summed E-state index contributed by atoms with van der Waals surface area (Å²) in [5.41, 5.74) is 2.86. The number of thiazole rings is 1. The Morgan fingerprint density at radius 1 is 1.15 bits per heavy atom. The number of nitrogens with one attached hydrogen (secondary N) is 1. The van der Waals surface area contributed by atoms with E-state index in [0.29, 0.717) is 12.0 Å². The Balaban J connectivity index is 1.51. The lowest BCUT2D eigenvalue weighted by Gasteiger charge is -2.04. The molecule has 1 aromatic carbocycles. The van der Waals surface area contributed by atoms with Crippen molar-refractivity contribution in [3.05, 3.63) is 40.2 Å². The summed E-state index contributed by atoms with van der Waals surface area (Å²) in [6, 6.07) is 8.18. The third-order valence-electron chi connectivity index (χ3n) is 3.80. The number of nitrogens with zero attached hydrogens (tertiary/aromatic N) is 1. The third-order valence-corrected chi connectivity index (χ3v) is 4.81. The number of amides is 1. The molecule has 0 radical (unpaired) electrons. The molecule has 0 spiro atoms. The maximum absolute atomic E-state index is 11.9. The summed E-state index contributed by atoms with van der Waals surface area (Å²) in [4.78, 5) is 16.6. The van der Waals surface area contributed by atoms with E-state index in [0.717, 1.165) is 29.7 Å². The molecule has 1 heterocycles. The van der Waals surface area contributed by atoms with Gasteiger partial charge in [-0.15, -0.1) is 11.3 Å². The predicted molar refractivity (Wildman–Crippen MR) is 80.0 cm³/mol. The number of aromatic nitrogens is 1. The number of carbonyl (C=O) groups is 1. The second-order valence-corrected chi connectivity index (χ2v) is 6.56. The van der Waals surface area contributed by atoms with Crippen LogP contribution in [0, 0.1) is 0 Å². The van der Waals surface area contributed by atoms with Crippen LogP contribution in [0.1, 0.15) is 47.0 Å². The van der Waals surface area contributed by atoms with Crippen molar-refractivity contribution in [1.29, 1.82) is 0 Å². The van der Waals surface area contributed by atoms with Gasteiger partial charge in [-0.2, -0.15) is 0 Å². The Labute approximate surface area is 122 Å². The topological polar surface area (TPSA) is 42.0 Å².